The Kier molecular flexibility index (Phi) is 5.12. The molecule has 1 aromatic rings. The molecule has 1 amide bonds. The van der Waals surface area contributed by atoms with Crippen LogP contribution in [0.1, 0.15) is 38.2 Å². The highest BCUT2D eigenvalue weighted by Crippen LogP contribution is 2.29. The topological polar surface area (TPSA) is 41.9 Å². The van der Waals surface area contributed by atoms with E-state index in [2.05, 4.69) is 5.16 Å². The largest absolute Gasteiger partial charge is 0.390 e. The minimum Gasteiger partial charge on any atom is -0.390 e. The Labute approximate surface area is 146 Å². The van der Waals surface area contributed by atoms with Crippen molar-refractivity contribution < 1.29 is 9.63 Å². The van der Waals surface area contributed by atoms with Crippen LogP contribution in [-0.2, 0) is 9.63 Å². The second-order valence-corrected chi connectivity index (χ2v) is 6.92. The van der Waals surface area contributed by atoms with Crippen LogP contribution in [0.15, 0.2) is 23.4 Å². The van der Waals surface area contributed by atoms with Gasteiger partial charge in [-0.2, -0.15) is 0 Å². The van der Waals surface area contributed by atoms with Gasteiger partial charge < -0.3 is 9.74 Å². The lowest BCUT2D eigenvalue weighted by Gasteiger charge is -2.31. The van der Waals surface area contributed by atoms with Gasteiger partial charge in [0.2, 0.25) is 5.91 Å². The molecule has 0 spiro atoms. The van der Waals surface area contributed by atoms with E-state index in [0.29, 0.717) is 29.6 Å². The fraction of sp³-hybridized carbons (Fsp3) is 0.529. The molecule has 1 fully saturated rings. The van der Waals surface area contributed by atoms with Crippen molar-refractivity contribution in [2.24, 2.45) is 11.1 Å². The molecular formula is C17H20Cl2N2O2. The summed E-state index contributed by atoms with van der Waals surface area (Å²) in [7, 11) is 0. The van der Waals surface area contributed by atoms with Gasteiger partial charge in [-0.05, 0) is 31.9 Å². The van der Waals surface area contributed by atoms with Crippen LogP contribution >= 0.6 is 23.2 Å². The van der Waals surface area contributed by atoms with Crippen LogP contribution < -0.4 is 0 Å². The van der Waals surface area contributed by atoms with Crippen LogP contribution in [0.25, 0.3) is 0 Å². The third kappa shape index (κ3) is 3.64. The van der Waals surface area contributed by atoms with Gasteiger partial charge in [0.1, 0.15) is 0 Å². The second-order valence-electron chi connectivity index (χ2n) is 6.10. The zero-order chi connectivity index (χ0) is 16.4. The number of rotatable bonds is 5. The SMILES string of the molecule is CCN(CC1CC(c2ccc(Cl)c(Cl)c2)=NO1)C(=O)C1CCC1. The monoisotopic (exact) mass is 354 g/mol. The van der Waals surface area contributed by atoms with Crippen molar-refractivity contribution in [1.82, 2.24) is 4.90 Å². The predicted octanol–water partition coefficient (Wildman–Crippen LogP) is 4.14. The number of carbonyl (C=O) groups excluding carboxylic acids is 1. The summed E-state index contributed by atoms with van der Waals surface area (Å²) in [4.78, 5) is 19.8. The standard InChI is InChI=1S/C17H20Cl2N2O2/c1-2-21(17(22)11-4-3-5-11)10-13-9-16(20-23-13)12-6-7-14(18)15(19)8-12/h6-8,11,13H,2-5,9-10H2,1H3. The fourth-order valence-corrected chi connectivity index (χ4v) is 3.20. The van der Waals surface area contributed by atoms with Crippen molar-refractivity contribution in [3.8, 4) is 0 Å². The molecule has 0 bridgehead atoms. The lowest BCUT2D eigenvalue weighted by atomic mass is 9.84. The van der Waals surface area contributed by atoms with Crippen LogP contribution in [0.2, 0.25) is 10.0 Å². The number of hydrogen-bond acceptors (Lipinski definition) is 3. The van der Waals surface area contributed by atoms with Crippen LogP contribution in [0.4, 0.5) is 0 Å². The molecule has 1 unspecified atom stereocenters. The fourth-order valence-electron chi connectivity index (χ4n) is 2.91. The molecule has 2 aliphatic rings. The molecule has 1 heterocycles. The highest BCUT2D eigenvalue weighted by atomic mass is 35.5. The van der Waals surface area contributed by atoms with Gasteiger partial charge in [0.25, 0.3) is 0 Å². The Morgan fingerprint density at radius 3 is 2.74 bits per heavy atom. The van der Waals surface area contributed by atoms with Gasteiger partial charge in [-0.1, -0.05) is 40.8 Å². The average molecular weight is 355 g/mol. The van der Waals surface area contributed by atoms with E-state index < -0.39 is 0 Å². The third-order valence-corrected chi connectivity index (χ3v) is 5.30. The van der Waals surface area contributed by atoms with Gasteiger partial charge >= 0.3 is 0 Å². The van der Waals surface area contributed by atoms with Crippen LogP contribution in [0.5, 0.6) is 0 Å². The second kappa shape index (κ2) is 7.10. The Bertz CT molecular complexity index is 629. The van der Waals surface area contributed by atoms with Gasteiger partial charge in [0, 0.05) is 24.4 Å². The van der Waals surface area contributed by atoms with Gasteiger partial charge in [-0.3, -0.25) is 4.79 Å². The van der Waals surface area contributed by atoms with E-state index in [-0.39, 0.29) is 17.9 Å². The van der Waals surface area contributed by atoms with Crippen molar-refractivity contribution in [2.75, 3.05) is 13.1 Å². The molecule has 0 radical (unpaired) electrons. The Hall–Kier alpha value is -1.26. The third-order valence-electron chi connectivity index (χ3n) is 4.56. The zero-order valence-electron chi connectivity index (χ0n) is 13.1. The zero-order valence-corrected chi connectivity index (χ0v) is 14.6. The van der Waals surface area contributed by atoms with Gasteiger partial charge in [-0.25, -0.2) is 0 Å². The Morgan fingerprint density at radius 1 is 1.35 bits per heavy atom. The lowest BCUT2D eigenvalue weighted by molar-refractivity contribution is -0.139. The summed E-state index contributed by atoms with van der Waals surface area (Å²) in [6, 6.07) is 5.44. The summed E-state index contributed by atoms with van der Waals surface area (Å²) in [5, 5.41) is 5.19. The van der Waals surface area contributed by atoms with Crippen molar-refractivity contribution in [3.05, 3.63) is 33.8 Å². The van der Waals surface area contributed by atoms with Crippen LogP contribution in [0.3, 0.4) is 0 Å². The molecule has 3 rings (SSSR count). The lowest BCUT2D eigenvalue weighted by Crippen LogP contribution is -2.42. The summed E-state index contributed by atoms with van der Waals surface area (Å²) in [5.74, 6) is 0.470. The normalized spacial score (nSPS) is 20.7. The maximum Gasteiger partial charge on any atom is 0.225 e. The van der Waals surface area contributed by atoms with Crippen molar-refractivity contribution in [1.29, 1.82) is 0 Å². The molecule has 0 saturated heterocycles. The molecule has 4 nitrogen and oxygen atoms in total. The molecule has 1 aromatic carbocycles. The summed E-state index contributed by atoms with van der Waals surface area (Å²) in [6.07, 6.45) is 3.78. The number of oxime groups is 1. The van der Waals surface area contributed by atoms with E-state index in [1.807, 2.05) is 17.9 Å². The highest BCUT2D eigenvalue weighted by Gasteiger charge is 2.32. The number of likely N-dealkylation sites (N-methyl/N-ethyl adjacent to an activating group) is 1. The van der Waals surface area contributed by atoms with E-state index in [9.17, 15) is 4.79 Å². The number of carbonyl (C=O) groups is 1. The minimum absolute atomic E-state index is 0.0940. The number of amides is 1. The van der Waals surface area contributed by atoms with Gasteiger partial charge in [0.15, 0.2) is 6.10 Å². The summed E-state index contributed by atoms with van der Waals surface area (Å²) >= 11 is 12.0. The maximum absolute atomic E-state index is 12.4. The molecule has 1 aliphatic carbocycles. The first-order chi connectivity index (χ1) is 11.1. The number of nitrogens with zero attached hydrogens (tertiary/aromatic N) is 2. The Morgan fingerprint density at radius 2 is 2.13 bits per heavy atom. The van der Waals surface area contributed by atoms with Gasteiger partial charge in [0.05, 0.1) is 22.3 Å². The van der Waals surface area contributed by atoms with E-state index in [4.69, 9.17) is 28.0 Å². The summed E-state index contributed by atoms with van der Waals surface area (Å²) < 4.78 is 0. The minimum atomic E-state index is -0.0940. The first-order valence-electron chi connectivity index (χ1n) is 8.05. The van der Waals surface area contributed by atoms with Crippen LogP contribution in [0, 0.1) is 5.92 Å². The quantitative estimate of drug-likeness (QED) is 0.797. The number of benzene rings is 1. The number of hydrogen-bond donors (Lipinski definition) is 0. The molecule has 0 aromatic heterocycles. The molecule has 1 atom stereocenters. The molecule has 0 N–H and O–H groups in total. The van der Waals surface area contributed by atoms with Crippen molar-refractivity contribution in [3.63, 3.8) is 0 Å². The first-order valence-corrected chi connectivity index (χ1v) is 8.81. The first kappa shape index (κ1) is 16.6. The molecule has 1 aliphatic heterocycles. The smallest absolute Gasteiger partial charge is 0.225 e. The van der Waals surface area contributed by atoms with E-state index >= 15 is 0 Å². The molecule has 6 heteroatoms. The summed E-state index contributed by atoms with van der Waals surface area (Å²) in [6.45, 7) is 3.30. The Balaban J connectivity index is 1.59. The average Bonchev–Trinajstić information content (AvgIpc) is 2.94. The van der Waals surface area contributed by atoms with Crippen molar-refractivity contribution >= 4 is 34.8 Å². The molecule has 23 heavy (non-hydrogen) atoms. The van der Waals surface area contributed by atoms with Gasteiger partial charge in [-0.15, -0.1) is 0 Å². The highest BCUT2D eigenvalue weighted by molar-refractivity contribution is 6.42. The van der Waals surface area contributed by atoms with E-state index in [1.54, 1.807) is 12.1 Å². The predicted molar refractivity (Wildman–Crippen MR) is 92.1 cm³/mol. The summed E-state index contributed by atoms with van der Waals surface area (Å²) in [5.41, 5.74) is 1.76. The number of halogens is 2. The van der Waals surface area contributed by atoms with E-state index in [1.165, 1.54) is 6.42 Å². The van der Waals surface area contributed by atoms with E-state index in [0.717, 1.165) is 24.1 Å². The maximum atomic E-state index is 12.4. The molecule has 1 saturated carbocycles. The molecule has 124 valence electrons. The molecular weight excluding hydrogens is 335 g/mol. The van der Waals surface area contributed by atoms with Crippen molar-refractivity contribution in [2.45, 2.75) is 38.7 Å². The van der Waals surface area contributed by atoms with Crippen LogP contribution in [-0.4, -0.2) is 35.7 Å².